The van der Waals surface area contributed by atoms with Crippen LogP contribution in [-0.2, 0) is 32.3 Å². The zero-order valence-electron chi connectivity index (χ0n) is 24.5. The predicted molar refractivity (Wildman–Crippen MR) is 164 cm³/mol. The molecule has 1 N–H and O–H groups in total. The summed E-state index contributed by atoms with van der Waals surface area (Å²) in [7, 11) is -4.54. The molecule has 1 atom stereocenters. The molecule has 1 aliphatic carbocycles. The largest absolute Gasteiger partial charge is 0.417 e. The minimum absolute atomic E-state index is 0.0108. The number of hydrogen-bond acceptors (Lipinski definition) is 4. The zero-order chi connectivity index (χ0) is 32.1. The van der Waals surface area contributed by atoms with Crippen LogP contribution in [-0.4, -0.2) is 43.8 Å². The lowest BCUT2D eigenvalue weighted by Crippen LogP contribution is -2.53. The zero-order valence-corrected chi connectivity index (χ0v) is 26.1. The van der Waals surface area contributed by atoms with Gasteiger partial charge in [-0.3, -0.25) is 13.9 Å². The van der Waals surface area contributed by atoms with E-state index >= 15 is 0 Å². The van der Waals surface area contributed by atoms with Crippen molar-refractivity contribution < 1.29 is 31.2 Å². The molecule has 3 aromatic rings. The number of alkyl halides is 3. The van der Waals surface area contributed by atoms with E-state index in [1.54, 1.807) is 56.3 Å². The van der Waals surface area contributed by atoms with Gasteiger partial charge in [-0.05, 0) is 62.1 Å². The number of nitrogens with zero attached hydrogens (tertiary/aromatic N) is 2. The summed E-state index contributed by atoms with van der Waals surface area (Å²) in [6.45, 7) is 2.65. The molecule has 236 valence electrons. The van der Waals surface area contributed by atoms with Crippen LogP contribution in [0, 0.1) is 6.92 Å². The van der Waals surface area contributed by atoms with Crippen molar-refractivity contribution in [3.63, 3.8) is 0 Å². The molecule has 0 bridgehead atoms. The first kappa shape index (κ1) is 33.3. The van der Waals surface area contributed by atoms with Crippen molar-refractivity contribution >= 4 is 39.1 Å². The second kappa shape index (κ2) is 14.0. The second-order valence-corrected chi connectivity index (χ2v) is 13.2. The fourth-order valence-electron chi connectivity index (χ4n) is 5.32. The number of carbonyl (C=O) groups excluding carboxylic acids is 2. The Hall–Kier alpha value is -3.57. The lowest BCUT2D eigenvalue weighted by atomic mass is 10.1. The van der Waals surface area contributed by atoms with Crippen molar-refractivity contribution in [3.8, 4) is 0 Å². The molecule has 0 spiro atoms. The van der Waals surface area contributed by atoms with E-state index in [1.807, 2.05) is 0 Å². The summed E-state index contributed by atoms with van der Waals surface area (Å²) in [5, 5.41) is 2.41. The van der Waals surface area contributed by atoms with Gasteiger partial charge < -0.3 is 10.2 Å². The van der Waals surface area contributed by atoms with Crippen LogP contribution in [0.1, 0.15) is 55.7 Å². The fraction of sp³-hybridized carbons (Fsp3) is 0.375. The first-order valence-corrected chi connectivity index (χ1v) is 16.2. The van der Waals surface area contributed by atoms with Crippen molar-refractivity contribution in [1.29, 1.82) is 0 Å². The Balaban J connectivity index is 1.77. The Bertz CT molecular complexity index is 1560. The predicted octanol–water partition coefficient (Wildman–Crippen LogP) is 6.73. The normalized spacial score (nSPS) is 14.7. The average molecular weight is 650 g/mol. The molecule has 1 aliphatic rings. The Labute approximate surface area is 261 Å². The smallest absolute Gasteiger partial charge is 0.352 e. The van der Waals surface area contributed by atoms with Gasteiger partial charge in [0.2, 0.25) is 11.8 Å². The molecule has 0 radical (unpaired) electrons. The van der Waals surface area contributed by atoms with Gasteiger partial charge in [-0.1, -0.05) is 79.4 Å². The van der Waals surface area contributed by atoms with E-state index in [1.165, 1.54) is 17.0 Å². The van der Waals surface area contributed by atoms with Crippen molar-refractivity contribution in [2.45, 2.75) is 75.7 Å². The maximum absolute atomic E-state index is 14.1. The summed E-state index contributed by atoms with van der Waals surface area (Å²) in [4.78, 5) is 28.7. The van der Waals surface area contributed by atoms with Gasteiger partial charge >= 0.3 is 6.18 Å². The number of benzene rings is 3. The second-order valence-electron chi connectivity index (χ2n) is 10.9. The monoisotopic (exact) mass is 649 g/mol. The summed E-state index contributed by atoms with van der Waals surface area (Å²) in [5.74, 6) is -1.11. The average Bonchev–Trinajstić information content (AvgIpc) is 3.49. The molecule has 12 heteroatoms. The highest BCUT2D eigenvalue weighted by Crippen LogP contribution is 2.38. The summed E-state index contributed by atoms with van der Waals surface area (Å²) in [5.41, 5.74) is -0.159. The van der Waals surface area contributed by atoms with Gasteiger partial charge in [0.15, 0.2) is 0 Å². The SMILES string of the molecule is CC[C@H](C(=O)NC1CCCC1)N(Cc1ccccc1)C(=O)CN(c1ccc(Cl)c(C(F)(F)F)c1)S(=O)(=O)c1ccc(C)cc1. The van der Waals surface area contributed by atoms with E-state index in [9.17, 15) is 31.2 Å². The number of nitrogens with one attached hydrogen (secondary N) is 1. The molecule has 1 fully saturated rings. The van der Waals surface area contributed by atoms with E-state index in [4.69, 9.17) is 11.6 Å². The summed E-state index contributed by atoms with van der Waals surface area (Å²) in [6, 6.07) is 16.4. The minimum atomic E-state index is -4.87. The molecular weight excluding hydrogens is 615 g/mol. The van der Waals surface area contributed by atoms with Gasteiger partial charge in [-0.2, -0.15) is 13.2 Å². The lowest BCUT2D eigenvalue weighted by molar-refractivity contribution is -0.140. The summed E-state index contributed by atoms with van der Waals surface area (Å²) >= 11 is 5.84. The number of rotatable bonds is 11. The van der Waals surface area contributed by atoms with Crippen LogP contribution in [0.5, 0.6) is 0 Å². The minimum Gasteiger partial charge on any atom is -0.352 e. The number of carbonyl (C=O) groups is 2. The van der Waals surface area contributed by atoms with Crippen molar-refractivity contribution in [2.24, 2.45) is 0 Å². The van der Waals surface area contributed by atoms with Gasteiger partial charge in [-0.25, -0.2) is 8.42 Å². The van der Waals surface area contributed by atoms with Crippen molar-refractivity contribution in [2.75, 3.05) is 10.8 Å². The highest BCUT2D eigenvalue weighted by molar-refractivity contribution is 7.92. The van der Waals surface area contributed by atoms with Crippen LogP contribution in [0.2, 0.25) is 5.02 Å². The molecule has 3 aromatic carbocycles. The molecule has 0 heterocycles. The quantitative estimate of drug-likeness (QED) is 0.250. The van der Waals surface area contributed by atoms with Gasteiger partial charge in [-0.15, -0.1) is 0 Å². The van der Waals surface area contributed by atoms with Crippen LogP contribution in [0.15, 0.2) is 77.7 Å². The van der Waals surface area contributed by atoms with E-state index < -0.39 is 51.0 Å². The molecule has 0 aromatic heterocycles. The maximum Gasteiger partial charge on any atom is 0.417 e. The van der Waals surface area contributed by atoms with Crippen LogP contribution in [0.3, 0.4) is 0 Å². The van der Waals surface area contributed by atoms with E-state index in [0.717, 1.165) is 43.4 Å². The third-order valence-electron chi connectivity index (χ3n) is 7.71. The lowest BCUT2D eigenvalue weighted by Gasteiger charge is -2.34. The number of sulfonamides is 1. The number of aryl methyl sites for hydroxylation is 1. The van der Waals surface area contributed by atoms with Crippen LogP contribution >= 0.6 is 11.6 Å². The fourth-order valence-corrected chi connectivity index (χ4v) is 6.95. The van der Waals surface area contributed by atoms with E-state index in [-0.39, 0.29) is 29.8 Å². The number of anilines is 1. The number of amides is 2. The van der Waals surface area contributed by atoms with E-state index in [0.29, 0.717) is 15.9 Å². The summed E-state index contributed by atoms with van der Waals surface area (Å²) in [6.07, 6.45) is -1.00. The Morgan fingerprint density at radius 1 is 1.00 bits per heavy atom. The standard InChI is InChI=1S/C32H35ClF3N3O4S/c1-3-29(31(41)37-24-11-7-8-12-24)38(20-23-9-5-4-6-10-23)30(40)21-39(44(42,43)26-16-13-22(2)14-17-26)25-15-18-28(33)27(19-25)32(34,35)36/h4-6,9-10,13-19,24,29H,3,7-8,11-12,20-21H2,1-2H3,(H,37,41)/t29-/m1/s1. The highest BCUT2D eigenvalue weighted by Gasteiger charge is 2.37. The third kappa shape index (κ3) is 7.92. The molecule has 44 heavy (non-hydrogen) atoms. The van der Waals surface area contributed by atoms with Crippen molar-refractivity contribution in [3.05, 3.63) is 94.5 Å². The van der Waals surface area contributed by atoms with Crippen LogP contribution in [0.4, 0.5) is 18.9 Å². The van der Waals surface area contributed by atoms with Gasteiger partial charge in [0.1, 0.15) is 12.6 Å². The highest BCUT2D eigenvalue weighted by atomic mass is 35.5. The van der Waals surface area contributed by atoms with Crippen LogP contribution < -0.4 is 9.62 Å². The first-order chi connectivity index (χ1) is 20.8. The molecule has 0 saturated heterocycles. The Morgan fingerprint density at radius 2 is 1.64 bits per heavy atom. The number of halogens is 4. The number of hydrogen-bond donors (Lipinski definition) is 1. The maximum atomic E-state index is 14.1. The van der Waals surface area contributed by atoms with Gasteiger partial charge in [0.25, 0.3) is 10.0 Å². The third-order valence-corrected chi connectivity index (χ3v) is 9.83. The molecule has 0 aliphatic heterocycles. The van der Waals surface area contributed by atoms with Gasteiger partial charge in [0.05, 0.1) is 21.2 Å². The summed E-state index contributed by atoms with van der Waals surface area (Å²) < 4.78 is 70.1. The molecule has 4 rings (SSSR count). The molecule has 1 saturated carbocycles. The molecule has 7 nitrogen and oxygen atoms in total. The van der Waals surface area contributed by atoms with Crippen molar-refractivity contribution in [1.82, 2.24) is 10.2 Å². The first-order valence-electron chi connectivity index (χ1n) is 14.4. The molecule has 2 amide bonds. The van der Waals surface area contributed by atoms with Gasteiger partial charge in [0, 0.05) is 12.6 Å². The molecular formula is C32H35ClF3N3O4S. The molecule has 0 unspecified atom stereocenters. The van der Waals surface area contributed by atoms with E-state index in [2.05, 4.69) is 5.32 Å². The topological polar surface area (TPSA) is 86.8 Å². The van der Waals surface area contributed by atoms with Crippen LogP contribution in [0.25, 0.3) is 0 Å². The Morgan fingerprint density at radius 3 is 2.23 bits per heavy atom. The Kier molecular flexibility index (Phi) is 10.6.